The lowest BCUT2D eigenvalue weighted by molar-refractivity contribution is 0.251. The van der Waals surface area contributed by atoms with Crippen molar-refractivity contribution >= 4 is 0 Å². The Morgan fingerprint density at radius 3 is 2.74 bits per heavy atom. The van der Waals surface area contributed by atoms with E-state index in [0.717, 1.165) is 13.2 Å². The van der Waals surface area contributed by atoms with Crippen LogP contribution in [0.4, 0.5) is 4.39 Å². The molecular formula is C16H24FNO. The zero-order chi connectivity index (χ0) is 13.7. The van der Waals surface area contributed by atoms with Gasteiger partial charge in [0.2, 0.25) is 0 Å². The molecule has 0 amide bonds. The molecule has 0 aromatic heterocycles. The van der Waals surface area contributed by atoms with E-state index in [1.165, 1.54) is 31.7 Å². The molecule has 1 aromatic rings. The van der Waals surface area contributed by atoms with Crippen LogP contribution in [0.2, 0.25) is 0 Å². The molecule has 106 valence electrons. The van der Waals surface area contributed by atoms with Crippen LogP contribution in [0.5, 0.6) is 5.75 Å². The van der Waals surface area contributed by atoms with Crippen LogP contribution < -0.4 is 10.1 Å². The molecule has 1 aromatic carbocycles. The lowest BCUT2D eigenvalue weighted by atomic mass is 10.1. The zero-order valence-electron chi connectivity index (χ0n) is 11.9. The van der Waals surface area contributed by atoms with Crippen LogP contribution in [0.15, 0.2) is 18.2 Å². The number of hydrogen-bond donors (Lipinski definition) is 1. The Labute approximate surface area is 115 Å². The zero-order valence-corrected chi connectivity index (χ0v) is 11.9. The first-order chi connectivity index (χ1) is 9.20. The molecule has 1 unspecified atom stereocenters. The average molecular weight is 265 g/mol. The quantitative estimate of drug-likeness (QED) is 0.837. The van der Waals surface area contributed by atoms with E-state index in [1.54, 1.807) is 0 Å². The summed E-state index contributed by atoms with van der Waals surface area (Å²) in [6, 6.07) is 5.25. The van der Waals surface area contributed by atoms with Crippen molar-refractivity contribution in [3.05, 3.63) is 29.6 Å². The predicted molar refractivity (Wildman–Crippen MR) is 75.9 cm³/mol. The average Bonchev–Trinajstić information content (AvgIpc) is 2.89. The smallest absolute Gasteiger partial charge is 0.131 e. The second-order valence-electron chi connectivity index (χ2n) is 5.42. The SMILES string of the molecule is CCNC(C)c1ccc(OCC2CCCC2)cc1F. The predicted octanol–water partition coefficient (Wildman–Crippen LogP) is 4.07. The van der Waals surface area contributed by atoms with Gasteiger partial charge < -0.3 is 10.1 Å². The summed E-state index contributed by atoms with van der Waals surface area (Å²) in [5.74, 6) is 1.12. The summed E-state index contributed by atoms with van der Waals surface area (Å²) < 4.78 is 19.7. The highest BCUT2D eigenvalue weighted by Crippen LogP contribution is 2.27. The molecule has 0 radical (unpaired) electrons. The molecule has 1 N–H and O–H groups in total. The van der Waals surface area contributed by atoms with Crippen molar-refractivity contribution in [3.63, 3.8) is 0 Å². The Kier molecular flexibility index (Phi) is 5.20. The van der Waals surface area contributed by atoms with Crippen LogP contribution in [0.25, 0.3) is 0 Å². The molecule has 3 heteroatoms. The van der Waals surface area contributed by atoms with Gasteiger partial charge in [0.05, 0.1) is 6.61 Å². The molecule has 0 bridgehead atoms. The van der Waals surface area contributed by atoms with Crippen LogP contribution in [0.3, 0.4) is 0 Å². The first-order valence-electron chi connectivity index (χ1n) is 7.36. The van der Waals surface area contributed by atoms with Crippen LogP contribution in [0, 0.1) is 11.7 Å². The molecule has 0 saturated heterocycles. The van der Waals surface area contributed by atoms with Crippen LogP contribution in [0.1, 0.15) is 51.1 Å². The lowest BCUT2D eigenvalue weighted by Crippen LogP contribution is -2.18. The topological polar surface area (TPSA) is 21.3 Å². The third-order valence-corrected chi connectivity index (χ3v) is 3.91. The van der Waals surface area contributed by atoms with Gasteiger partial charge in [-0.25, -0.2) is 4.39 Å². The fourth-order valence-corrected chi connectivity index (χ4v) is 2.76. The molecule has 0 spiro atoms. The van der Waals surface area contributed by atoms with Gasteiger partial charge in [0.25, 0.3) is 0 Å². The highest BCUT2D eigenvalue weighted by molar-refractivity contribution is 5.30. The highest BCUT2D eigenvalue weighted by Gasteiger charge is 2.16. The lowest BCUT2D eigenvalue weighted by Gasteiger charge is -2.16. The van der Waals surface area contributed by atoms with E-state index < -0.39 is 0 Å². The van der Waals surface area contributed by atoms with E-state index in [0.29, 0.717) is 17.2 Å². The molecular weight excluding hydrogens is 241 g/mol. The Balaban J connectivity index is 1.93. The van der Waals surface area contributed by atoms with Crippen molar-refractivity contribution in [1.29, 1.82) is 0 Å². The molecule has 1 atom stereocenters. The second kappa shape index (κ2) is 6.90. The molecule has 1 aliphatic rings. The Bertz CT molecular complexity index is 402. The number of ether oxygens (including phenoxy) is 1. The van der Waals surface area contributed by atoms with Gasteiger partial charge in [0, 0.05) is 17.7 Å². The van der Waals surface area contributed by atoms with Crippen molar-refractivity contribution in [1.82, 2.24) is 5.32 Å². The normalized spacial score (nSPS) is 17.6. The van der Waals surface area contributed by atoms with Gasteiger partial charge in [-0.1, -0.05) is 25.8 Å². The van der Waals surface area contributed by atoms with E-state index >= 15 is 0 Å². The van der Waals surface area contributed by atoms with Crippen molar-refractivity contribution in [2.24, 2.45) is 5.92 Å². The summed E-state index contributed by atoms with van der Waals surface area (Å²) in [6.07, 6.45) is 5.11. The van der Waals surface area contributed by atoms with E-state index in [2.05, 4.69) is 5.32 Å². The number of hydrogen-bond acceptors (Lipinski definition) is 2. The number of nitrogens with one attached hydrogen (secondary N) is 1. The van der Waals surface area contributed by atoms with Gasteiger partial charge in [-0.2, -0.15) is 0 Å². The summed E-state index contributed by atoms with van der Waals surface area (Å²) in [4.78, 5) is 0. The van der Waals surface area contributed by atoms with Gasteiger partial charge in [-0.15, -0.1) is 0 Å². The van der Waals surface area contributed by atoms with Gasteiger partial charge in [-0.05, 0) is 38.3 Å². The van der Waals surface area contributed by atoms with Crippen molar-refractivity contribution in [2.75, 3.05) is 13.2 Å². The molecule has 1 saturated carbocycles. The van der Waals surface area contributed by atoms with E-state index in [4.69, 9.17) is 4.74 Å². The summed E-state index contributed by atoms with van der Waals surface area (Å²) in [5.41, 5.74) is 0.704. The van der Waals surface area contributed by atoms with Gasteiger partial charge >= 0.3 is 0 Å². The first-order valence-corrected chi connectivity index (χ1v) is 7.36. The standard InChI is InChI=1S/C16H24FNO/c1-3-18-12(2)15-9-8-14(10-16(15)17)19-11-13-6-4-5-7-13/h8-10,12-13,18H,3-7,11H2,1-2H3. The van der Waals surface area contributed by atoms with Crippen molar-refractivity contribution < 1.29 is 9.13 Å². The van der Waals surface area contributed by atoms with Crippen LogP contribution in [-0.2, 0) is 0 Å². The summed E-state index contributed by atoms with van der Waals surface area (Å²) in [7, 11) is 0. The maximum Gasteiger partial charge on any atom is 0.131 e. The van der Waals surface area contributed by atoms with E-state index in [-0.39, 0.29) is 11.9 Å². The minimum atomic E-state index is -0.183. The van der Waals surface area contributed by atoms with Crippen molar-refractivity contribution in [3.8, 4) is 5.75 Å². The summed E-state index contributed by atoms with van der Waals surface area (Å²) in [6.45, 7) is 5.55. The number of halogens is 1. The highest BCUT2D eigenvalue weighted by atomic mass is 19.1. The molecule has 1 aliphatic carbocycles. The fourth-order valence-electron chi connectivity index (χ4n) is 2.76. The third kappa shape index (κ3) is 3.93. The van der Waals surface area contributed by atoms with E-state index in [9.17, 15) is 4.39 Å². The summed E-state index contributed by atoms with van der Waals surface area (Å²) >= 11 is 0. The van der Waals surface area contributed by atoms with E-state index in [1.807, 2.05) is 26.0 Å². The van der Waals surface area contributed by atoms with Crippen molar-refractivity contribution in [2.45, 2.75) is 45.6 Å². The Morgan fingerprint density at radius 2 is 2.11 bits per heavy atom. The third-order valence-electron chi connectivity index (χ3n) is 3.91. The molecule has 2 nitrogen and oxygen atoms in total. The monoisotopic (exact) mass is 265 g/mol. The molecule has 1 fully saturated rings. The second-order valence-corrected chi connectivity index (χ2v) is 5.42. The minimum Gasteiger partial charge on any atom is -0.493 e. The fraction of sp³-hybridized carbons (Fsp3) is 0.625. The number of benzene rings is 1. The molecule has 0 aliphatic heterocycles. The largest absolute Gasteiger partial charge is 0.493 e. The van der Waals surface area contributed by atoms with Gasteiger partial charge in [-0.3, -0.25) is 0 Å². The van der Waals surface area contributed by atoms with Gasteiger partial charge in [0.15, 0.2) is 0 Å². The first kappa shape index (κ1) is 14.3. The number of rotatable bonds is 6. The minimum absolute atomic E-state index is 0.0360. The molecule has 19 heavy (non-hydrogen) atoms. The summed E-state index contributed by atoms with van der Waals surface area (Å²) in [5, 5.41) is 3.22. The van der Waals surface area contributed by atoms with Crippen LogP contribution in [-0.4, -0.2) is 13.2 Å². The van der Waals surface area contributed by atoms with Crippen LogP contribution >= 0.6 is 0 Å². The maximum atomic E-state index is 14.0. The Morgan fingerprint density at radius 1 is 1.37 bits per heavy atom. The molecule has 0 heterocycles. The maximum absolute atomic E-state index is 14.0. The van der Waals surface area contributed by atoms with Gasteiger partial charge in [0.1, 0.15) is 11.6 Å². The molecule has 2 rings (SSSR count). The Hall–Kier alpha value is -1.09.